The maximum absolute atomic E-state index is 13.3. The van der Waals surface area contributed by atoms with Crippen LogP contribution in [0.2, 0.25) is 0 Å². The Bertz CT molecular complexity index is 1080. The van der Waals surface area contributed by atoms with Crippen LogP contribution in [0.3, 0.4) is 0 Å². The smallest absolute Gasteiger partial charge is 0.227 e. The normalized spacial score (nSPS) is 14.9. The molecule has 32 heavy (non-hydrogen) atoms. The summed E-state index contributed by atoms with van der Waals surface area (Å²) in [6.07, 6.45) is 4.66. The van der Waals surface area contributed by atoms with E-state index < -0.39 is 0 Å². The third kappa shape index (κ3) is 5.14. The van der Waals surface area contributed by atoms with Gasteiger partial charge in [0.25, 0.3) is 0 Å². The first-order valence-electron chi connectivity index (χ1n) is 11.0. The molecule has 0 N–H and O–H groups in total. The Labute approximate surface area is 188 Å². The van der Waals surface area contributed by atoms with Crippen molar-refractivity contribution in [2.75, 3.05) is 32.7 Å². The fraction of sp³-hybridized carbons (Fsp3) is 0.308. The Morgan fingerprint density at radius 3 is 2.38 bits per heavy atom. The number of aryl methyl sites for hydroxylation is 1. The van der Waals surface area contributed by atoms with Gasteiger partial charge in [0.15, 0.2) is 0 Å². The molecule has 0 bridgehead atoms. The second-order valence-electron chi connectivity index (χ2n) is 8.21. The summed E-state index contributed by atoms with van der Waals surface area (Å²) in [5.41, 5.74) is 4.71. The first-order chi connectivity index (χ1) is 15.5. The van der Waals surface area contributed by atoms with E-state index in [1.165, 1.54) is 17.7 Å². The van der Waals surface area contributed by atoms with Crippen molar-refractivity contribution in [1.82, 2.24) is 19.6 Å². The Morgan fingerprint density at radius 1 is 1.00 bits per heavy atom. The fourth-order valence-corrected chi connectivity index (χ4v) is 4.11. The molecule has 1 aliphatic rings. The minimum Gasteiger partial charge on any atom is -0.340 e. The Morgan fingerprint density at radius 2 is 1.69 bits per heavy atom. The van der Waals surface area contributed by atoms with Crippen LogP contribution in [0.1, 0.15) is 22.5 Å². The van der Waals surface area contributed by atoms with Gasteiger partial charge in [-0.25, -0.2) is 9.07 Å². The number of hydrogen-bond donors (Lipinski definition) is 0. The van der Waals surface area contributed by atoms with Crippen LogP contribution in [0.15, 0.2) is 60.7 Å². The topological polar surface area (TPSA) is 41.4 Å². The third-order valence-electron chi connectivity index (χ3n) is 6.04. The molecule has 1 amide bonds. The van der Waals surface area contributed by atoms with Crippen LogP contribution in [0.25, 0.3) is 11.8 Å². The zero-order valence-corrected chi connectivity index (χ0v) is 18.7. The van der Waals surface area contributed by atoms with Crippen molar-refractivity contribution in [2.45, 2.75) is 20.3 Å². The highest BCUT2D eigenvalue weighted by molar-refractivity contribution is 5.79. The lowest BCUT2D eigenvalue weighted by atomic mass is 10.1. The predicted molar refractivity (Wildman–Crippen MR) is 125 cm³/mol. The molecule has 2 aromatic carbocycles. The fourth-order valence-electron chi connectivity index (χ4n) is 4.11. The average molecular weight is 433 g/mol. The van der Waals surface area contributed by atoms with Gasteiger partial charge in [0, 0.05) is 44.0 Å². The third-order valence-corrected chi connectivity index (χ3v) is 6.04. The molecular weight excluding hydrogens is 403 g/mol. The van der Waals surface area contributed by atoms with E-state index in [0.717, 1.165) is 55.4 Å². The van der Waals surface area contributed by atoms with E-state index in [1.54, 1.807) is 16.8 Å². The van der Waals surface area contributed by atoms with Crippen molar-refractivity contribution in [2.24, 2.45) is 0 Å². The number of amides is 1. The minimum atomic E-state index is -0.277. The number of hydrogen-bond acceptors (Lipinski definition) is 3. The van der Waals surface area contributed by atoms with E-state index >= 15 is 0 Å². The summed E-state index contributed by atoms with van der Waals surface area (Å²) in [7, 11) is 0. The highest BCUT2D eigenvalue weighted by atomic mass is 19.1. The molecule has 1 aromatic heterocycles. The molecule has 1 aliphatic heterocycles. The molecule has 0 atom stereocenters. The van der Waals surface area contributed by atoms with Crippen LogP contribution < -0.4 is 0 Å². The lowest BCUT2D eigenvalue weighted by molar-refractivity contribution is -0.132. The first kappa shape index (κ1) is 22.0. The molecule has 0 radical (unpaired) electrons. The average Bonchev–Trinajstić information content (AvgIpc) is 3.09. The van der Waals surface area contributed by atoms with E-state index in [2.05, 4.69) is 34.3 Å². The van der Waals surface area contributed by atoms with Gasteiger partial charge in [0.2, 0.25) is 5.91 Å². The zero-order chi connectivity index (χ0) is 22.5. The maximum Gasteiger partial charge on any atom is 0.227 e. The second-order valence-corrected chi connectivity index (χ2v) is 8.21. The van der Waals surface area contributed by atoms with Crippen LogP contribution in [0.5, 0.6) is 0 Å². The van der Waals surface area contributed by atoms with E-state index in [9.17, 15) is 9.18 Å². The molecule has 1 fully saturated rings. The van der Waals surface area contributed by atoms with Gasteiger partial charge in [0.05, 0.1) is 17.8 Å². The van der Waals surface area contributed by atoms with Crippen molar-refractivity contribution in [3.8, 4) is 5.69 Å². The Kier molecular flexibility index (Phi) is 6.81. The van der Waals surface area contributed by atoms with E-state index in [0.29, 0.717) is 6.42 Å². The van der Waals surface area contributed by atoms with Gasteiger partial charge in [-0.05, 0) is 43.7 Å². The molecule has 5 nitrogen and oxygen atoms in total. The minimum absolute atomic E-state index is 0.134. The van der Waals surface area contributed by atoms with Crippen LogP contribution in [0.4, 0.5) is 4.39 Å². The number of halogens is 1. The molecule has 3 aromatic rings. The number of rotatable bonds is 6. The van der Waals surface area contributed by atoms with Gasteiger partial charge in [-0.15, -0.1) is 0 Å². The van der Waals surface area contributed by atoms with Crippen molar-refractivity contribution < 1.29 is 9.18 Å². The largest absolute Gasteiger partial charge is 0.340 e. The molecule has 0 spiro atoms. The number of benzene rings is 2. The van der Waals surface area contributed by atoms with Crippen LogP contribution in [0, 0.1) is 19.7 Å². The lowest BCUT2D eigenvalue weighted by Crippen LogP contribution is -2.49. The molecule has 0 saturated carbocycles. The van der Waals surface area contributed by atoms with Gasteiger partial charge in [-0.1, -0.05) is 42.5 Å². The molecule has 166 valence electrons. The van der Waals surface area contributed by atoms with Crippen molar-refractivity contribution in [3.05, 3.63) is 89.0 Å². The number of piperazine rings is 1. The molecule has 2 heterocycles. The van der Waals surface area contributed by atoms with E-state index in [-0.39, 0.29) is 11.7 Å². The van der Waals surface area contributed by atoms with Gasteiger partial charge >= 0.3 is 0 Å². The first-order valence-corrected chi connectivity index (χ1v) is 11.0. The molecule has 0 unspecified atom stereocenters. The Hall–Kier alpha value is -3.25. The van der Waals surface area contributed by atoms with Crippen molar-refractivity contribution >= 4 is 12.0 Å². The number of aromatic nitrogens is 2. The predicted octanol–water partition coefficient (Wildman–Crippen LogP) is 4.03. The monoisotopic (exact) mass is 432 g/mol. The van der Waals surface area contributed by atoms with E-state index in [1.807, 2.05) is 36.9 Å². The zero-order valence-electron chi connectivity index (χ0n) is 18.7. The summed E-state index contributed by atoms with van der Waals surface area (Å²) in [5, 5.41) is 4.59. The molecule has 0 aliphatic carbocycles. The molecule has 6 heteroatoms. The molecule has 1 saturated heterocycles. The standard InChI is InChI=1S/C26H29FN4O/c1-20-25(21(2)31(28-20)24-12-10-23(27)11-13-24)19-26(32)30-17-15-29(16-18-30)14-6-9-22-7-4-3-5-8-22/h3-13H,14-19H2,1-2H3/b9-6+. The number of nitrogens with zero attached hydrogens (tertiary/aromatic N) is 4. The van der Waals surface area contributed by atoms with Crippen LogP contribution in [-0.4, -0.2) is 58.2 Å². The summed E-state index contributed by atoms with van der Waals surface area (Å²) in [6, 6.07) is 16.5. The van der Waals surface area contributed by atoms with Crippen LogP contribution in [-0.2, 0) is 11.2 Å². The SMILES string of the molecule is Cc1nn(-c2ccc(F)cc2)c(C)c1CC(=O)N1CCN(C/C=C/c2ccccc2)CC1. The molecular formula is C26H29FN4O. The molecule has 4 rings (SSSR count). The van der Waals surface area contributed by atoms with Gasteiger partial charge in [-0.2, -0.15) is 5.10 Å². The van der Waals surface area contributed by atoms with Gasteiger partial charge in [0.1, 0.15) is 5.82 Å². The summed E-state index contributed by atoms with van der Waals surface area (Å²) >= 11 is 0. The summed E-state index contributed by atoms with van der Waals surface area (Å²) in [5.74, 6) is -0.144. The highest BCUT2D eigenvalue weighted by Gasteiger charge is 2.23. The van der Waals surface area contributed by atoms with Crippen LogP contribution >= 0.6 is 0 Å². The maximum atomic E-state index is 13.3. The lowest BCUT2D eigenvalue weighted by Gasteiger charge is -2.34. The number of carbonyl (C=O) groups is 1. The summed E-state index contributed by atoms with van der Waals surface area (Å²) in [6.45, 7) is 8.00. The second kappa shape index (κ2) is 9.92. The summed E-state index contributed by atoms with van der Waals surface area (Å²) < 4.78 is 15.0. The van der Waals surface area contributed by atoms with Gasteiger partial charge < -0.3 is 4.90 Å². The Balaban J connectivity index is 1.32. The van der Waals surface area contributed by atoms with Gasteiger partial charge in [-0.3, -0.25) is 9.69 Å². The quantitative estimate of drug-likeness (QED) is 0.591. The summed E-state index contributed by atoms with van der Waals surface area (Å²) in [4.78, 5) is 17.3. The highest BCUT2D eigenvalue weighted by Crippen LogP contribution is 2.20. The van der Waals surface area contributed by atoms with E-state index in [4.69, 9.17) is 0 Å². The number of carbonyl (C=O) groups excluding carboxylic acids is 1. The van der Waals surface area contributed by atoms with Crippen molar-refractivity contribution in [3.63, 3.8) is 0 Å². The van der Waals surface area contributed by atoms with Crippen molar-refractivity contribution in [1.29, 1.82) is 0 Å².